The van der Waals surface area contributed by atoms with Crippen LogP contribution in [-0.4, -0.2) is 31.3 Å². The van der Waals surface area contributed by atoms with Crippen LogP contribution in [0, 0.1) is 10.1 Å². The predicted octanol–water partition coefficient (Wildman–Crippen LogP) is 4.27. The van der Waals surface area contributed by atoms with Crippen molar-refractivity contribution in [3.8, 4) is 22.7 Å². The van der Waals surface area contributed by atoms with Gasteiger partial charge in [0.15, 0.2) is 5.82 Å². The number of benzene rings is 1. The van der Waals surface area contributed by atoms with E-state index in [1.54, 1.807) is 36.7 Å². The second-order valence-electron chi connectivity index (χ2n) is 7.40. The van der Waals surface area contributed by atoms with Crippen molar-refractivity contribution in [2.24, 2.45) is 0 Å². The number of nitro groups is 1. The maximum atomic E-state index is 11.3. The van der Waals surface area contributed by atoms with Crippen LogP contribution < -0.4 is 0 Å². The fourth-order valence-electron chi connectivity index (χ4n) is 3.82. The largest absolute Gasteiger partial charge is 0.459 e. The summed E-state index contributed by atoms with van der Waals surface area (Å²) >= 11 is 0. The van der Waals surface area contributed by atoms with E-state index in [0.29, 0.717) is 17.9 Å². The Morgan fingerprint density at radius 3 is 2.77 bits per heavy atom. The molecule has 0 N–H and O–H groups in total. The Labute approximate surface area is 178 Å². The highest BCUT2D eigenvalue weighted by Crippen LogP contribution is 2.31. The minimum Gasteiger partial charge on any atom is -0.459 e. The van der Waals surface area contributed by atoms with E-state index in [9.17, 15) is 10.1 Å². The van der Waals surface area contributed by atoms with Gasteiger partial charge < -0.3 is 4.42 Å². The van der Waals surface area contributed by atoms with Gasteiger partial charge in [0, 0.05) is 55.3 Å². The van der Waals surface area contributed by atoms with E-state index in [1.807, 2.05) is 24.4 Å². The molecule has 8 heteroatoms. The summed E-state index contributed by atoms with van der Waals surface area (Å²) in [6.07, 6.45) is 6.20. The van der Waals surface area contributed by atoms with E-state index < -0.39 is 0 Å². The van der Waals surface area contributed by atoms with Crippen molar-refractivity contribution in [2.45, 2.75) is 19.5 Å². The van der Waals surface area contributed by atoms with Crippen LogP contribution in [0.5, 0.6) is 0 Å². The number of para-hydroxylation sites is 1. The van der Waals surface area contributed by atoms with Crippen LogP contribution in [0.25, 0.3) is 22.7 Å². The first-order valence-electron chi connectivity index (χ1n) is 9.97. The number of nitro benzene ring substituents is 1. The van der Waals surface area contributed by atoms with E-state index in [4.69, 9.17) is 9.40 Å². The SMILES string of the molecule is O=[N+]([O-])c1ccccc1-c1ccc(CN2CCc3nc(-c4ccncc4)ncc3C2)o1. The van der Waals surface area contributed by atoms with Crippen molar-refractivity contribution < 1.29 is 9.34 Å². The van der Waals surface area contributed by atoms with Crippen LogP contribution >= 0.6 is 0 Å². The first kappa shape index (κ1) is 19.1. The topological polar surface area (TPSA) is 98.2 Å². The van der Waals surface area contributed by atoms with E-state index >= 15 is 0 Å². The lowest BCUT2D eigenvalue weighted by Crippen LogP contribution is -2.30. The molecule has 31 heavy (non-hydrogen) atoms. The molecule has 5 rings (SSSR count). The van der Waals surface area contributed by atoms with Gasteiger partial charge in [0.05, 0.1) is 22.7 Å². The number of pyridine rings is 1. The summed E-state index contributed by atoms with van der Waals surface area (Å²) in [4.78, 5) is 26.5. The summed E-state index contributed by atoms with van der Waals surface area (Å²) in [6.45, 7) is 2.20. The lowest BCUT2D eigenvalue weighted by atomic mass is 10.1. The van der Waals surface area contributed by atoms with Crippen molar-refractivity contribution in [3.05, 3.63) is 94.3 Å². The molecule has 0 fully saturated rings. The first-order chi connectivity index (χ1) is 15.2. The molecule has 0 unspecified atom stereocenters. The van der Waals surface area contributed by atoms with Crippen molar-refractivity contribution >= 4 is 5.69 Å². The third-order valence-electron chi connectivity index (χ3n) is 5.36. The maximum Gasteiger partial charge on any atom is 0.280 e. The third kappa shape index (κ3) is 3.93. The van der Waals surface area contributed by atoms with Gasteiger partial charge >= 0.3 is 0 Å². The Hall–Kier alpha value is -3.91. The second kappa shape index (κ2) is 8.08. The van der Waals surface area contributed by atoms with Gasteiger partial charge in [0.1, 0.15) is 11.5 Å². The average Bonchev–Trinajstić information content (AvgIpc) is 3.27. The molecule has 1 aromatic carbocycles. The van der Waals surface area contributed by atoms with E-state index in [-0.39, 0.29) is 10.6 Å². The van der Waals surface area contributed by atoms with Crippen LogP contribution in [0.2, 0.25) is 0 Å². The zero-order chi connectivity index (χ0) is 21.2. The highest BCUT2D eigenvalue weighted by atomic mass is 16.6. The summed E-state index contributed by atoms with van der Waals surface area (Å²) < 4.78 is 5.94. The van der Waals surface area contributed by atoms with Crippen molar-refractivity contribution in [1.82, 2.24) is 19.9 Å². The maximum absolute atomic E-state index is 11.3. The van der Waals surface area contributed by atoms with Crippen LogP contribution in [0.15, 0.2) is 71.5 Å². The van der Waals surface area contributed by atoms with Gasteiger partial charge in [-0.05, 0) is 30.3 Å². The number of hydrogen-bond acceptors (Lipinski definition) is 7. The van der Waals surface area contributed by atoms with Gasteiger partial charge in [-0.1, -0.05) is 12.1 Å². The summed E-state index contributed by atoms with van der Waals surface area (Å²) in [6, 6.07) is 14.1. The van der Waals surface area contributed by atoms with Crippen molar-refractivity contribution in [3.63, 3.8) is 0 Å². The molecule has 0 amide bonds. The minimum atomic E-state index is -0.390. The Kier molecular flexibility index (Phi) is 4.97. The van der Waals surface area contributed by atoms with Gasteiger partial charge in [-0.2, -0.15) is 0 Å². The molecule has 1 aliphatic heterocycles. The molecule has 154 valence electrons. The molecule has 0 spiro atoms. The van der Waals surface area contributed by atoms with E-state index in [0.717, 1.165) is 47.9 Å². The summed E-state index contributed by atoms with van der Waals surface area (Å²) in [5, 5.41) is 11.3. The fraction of sp³-hybridized carbons (Fsp3) is 0.174. The molecule has 0 saturated carbocycles. The van der Waals surface area contributed by atoms with Crippen LogP contribution in [-0.2, 0) is 19.5 Å². The third-order valence-corrected chi connectivity index (χ3v) is 5.36. The molecule has 0 aliphatic carbocycles. The number of furan rings is 1. The van der Waals surface area contributed by atoms with E-state index in [2.05, 4.69) is 14.9 Å². The lowest BCUT2D eigenvalue weighted by Gasteiger charge is -2.27. The second-order valence-corrected chi connectivity index (χ2v) is 7.40. The molecule has 0 saturated heterocycles. The molecule has 0 radical (unpaired) electrons. The Morgan fingerprint density at radius 1 is 1.10 bits per heavy atom. The minimum absolute atomic E-state index is 0.0393. The quantitative estimate of drug-likeness (QED) is 0.356. The molecular weight excluding hydrogens is 394 g/mol. The summed E-state index contributed by atoms with van der Waals surface area (Å²) in [5.74, 6) is 1.99. The smallest absolute Gasteiger partial charge is 0.280 e. The highest BCUT2D eigenvalue weighted by molar-refractivity contribution is 5.69. The molecule has 0 atom stereocenters. The van der Waals surface area contributed by atoms with Crippen LogP contribution in [0.1, 0.15) is 17.0 Å². The monoisotopic (exact) mass is 413 g/mol. The van der Waals surface area contributed by atoms with Crippen molar-refractivity contribution in [2.75, 3.05) is 6.54 Å². The number of rotatable bonds is 5. The zero-order valence-corrected chi connectivity index (χ0v) is 16.6. The Balaban J connectivity index is 1.31. The van der Waals surface area contributed by atoms with Crippen LogP contribution in [0.3, 0.4) is 0 Å². The normalized spacial score (nSPS) is 13.7. The molecule has 8 nitrogen and oxygen atoms in total. The average molecular weight is 413 g/mol. The highest BCUT2D eigenvalue weighted by Gasteiger charge is 2.21. The molecule has 3 aromatic heterocycles. The molecule has 0 bridgehead atoms. The molecule has 4 heterocycles. The summed E-state index contributed by atoms with van der Waals surface area (Å²) in [7, 11) is 0. The lowest BCUT2D eigenvalue weighted by molar-refractivity contribution is -0.384. The number of fused-ring (bicyclic) bond motifs is 1. The van der Waals surface area contributed by atoms with Crippen LogP contribution in [0.4, 0.5) is 5.69 Å². The molecule has 4 aromatic rings. The standard InChI is InChI=1S/C23H19N5O3/c29-28(30)21-4-2-1-3-19(21)22-6-5-18(31-22)15-27-12-9-20-17(14-27)13-25-23(26-20)16-7-10-24-11-8-16/h1-8,10-11,13H,9,12,14-15H2. The molecule has 1 aliphatic rings. The molecular formula is C23H19N5O3. The summed E-state index contributed by atoms with van der Waals surface area (Å²) in [5.41, 5.74) is 3.66. The Morgan fingerprint density at radius 2 is 1.94 bits per heavy atom. The number of aromatic nitrogens is 3. The van der Waals surface area contributed by atoms with Crippen molar-refractivity contribution in [1.29, 1.82) is 0 Å². The fourth-order valence-corrected chi connectivity index (χ4v) is 3.82. The number of nitrogens with zero attached hydrogens (tertiary/aromatic N) is 5. The van der Waals surface area contributed by atoms with Gasteiger partial charge in [-0.25, -0.2) is 9.97 Å². The first-order valence-corrected chi connectivity index (χ1v) is 9.97. The zero-order valence-electron chi connectivity index (χ0n) is 16.6. The van der Waals surface area contributed by atoms with Gasteiger partial charge in [-0.15, -0.1) is 0 Å². The number of hydrogen-bond donors (Lipinski definition) is 0. The predicted molar refractivity (Wildman–Crippen MR) is 114 cm³/mol. The Bertz CT molecular complexity index is 1240. The van der Waals surface area contributed by atoms with Gasteiger partial charge in [-0.3, -0.25) is 20.0 Å². The van der Waals surface area contributed by atoms with Gasteiger partial charge in [0.2, 0.25) is 0 Å². The van der Waals surface area contributed by atoms with E-state index in [1.165, 1.54) is 6.07 Å². The van der Waals surface area contributed by atoms with Gasteiger partial charge in [0.25, 0.3) is 5.69 Å².